The summed E-state index contributed by atoms with van der Waals surface area (Å²) in [6, 6.07) is 7.20. The number of anilines is 3. The summed E-state index contributed by atoms with van der Waals surface area (Å²) in [6.45, 7) is 5.64. The van der Waals surface area contributed by atoms with E-state index in [0.717, 1.165) is 0 Å². The lowest BCUT2D eigenvalue weighted by molar-refractivity contribution is 0.0697. The Balaban J connectivity index is 2.19. The number of carboxylic acids is 1. The lowest BCUT2D eigenvalue weighted by Gasteiger charge is -2.17. The molecule has 28 heavy (non-hydrogen) atoms. The second-order valence-electron chi connectivity index (χ2n) is 6.07. The molecule has 2 heterocycles. The van der Waals surface area contributed by atoms with Crippen molar-refractivity contribution in [2.45, 2.75) is 6.92 Å². The van der Waals surface area contributed by atoms with E-state index in [2.05, 4.69) is 21.9 Å². The van der Waals surface area contributed by atoms with E-state index >= 15 is 0 Å². The van der Waals surface area contributed by atoms with Crippen LogP contribution in [0.15, 0.2) is 49.3 Å². The number of halogens is 2. The second-order valence-corrected chi connectivity index (χ2v) is 6.51. The molecule has 0 unspecified atom stereocenters. The number of nitrogen functional groups attached to an aromatic ring is 1. The van der Waals surface area contributed by atoms with Gasteiger partial charge in [-0.25, -0.2) is 14.2 Å². The Morgan fingerprint density at radius 3 is 2.71 bits per heavy atom. The van der Waals surface area contributed by atoms with Crippen molar-refractivity contribution in [1.29, 1.82) is 0 Å². The topological polar surface area (TPSA) is 101 Å². The van der Waals surface area contributed by atoms with E-state index < -0.39 is 11.8 Å². The quantitative estimate of drug-likeness (QED) is 0.559. The van der Waals surface area contributed by atoms with Gasteiger partial charge in [0.2, 0.25) is 0 Å². The average molecular weight is 399 g/mol. The number of carboxylic acid groups (broad SMARTS) is 1. The summed E-state index contributed by atoms with van der Waals surface area (Å²) >= 11 is 5.99. The highest BCUT2D eigenvalue weighted by atomic mass is 35.5. The summed E-state index contributed by atoms with van der Waals surface area (Å²) in [5.41, 5.74) is 8.33. The highest BCUT2D eigenvalue weighted by Gasteiger charge is 2.17. The smallest absolute Gasteiger partial charge is 0.339 e. The summed E-state index contributed by atoms with van der Waals surface area (Å²) in [6.07, 6.45) is 2.69. The van der Waals surface area contributed by atoms with Crippen LogP contribution in [0.4, 0.5) is 21.6 Å². The van der Waals surface area contributed by atoms with Crippen LogP contribution < -0.4 is 11.1 Å². The van der Waals surface area contributed by atoms with Crippen molar-refractivity contribution >= 4 is 40.3 Å². The number of nitrogens with zero attached hydrogens (tertiary/aromatic N) is 2. The van der Waals surface area contributed by atoms with E-state index in [1.54, 1.807) is 13.0 Å². The number of nitrogens with one attached hydrogen (secondary N) is 1. The normalized spacial score (nSPS) is 10.5. The molecule has 142 valence electrons. The van der Waals surface area contributed by atoms with Gasteiger partial charge in [0.1, 0.15) is 17.2 Å². The van der Waals surface area contributed by atoms with E-state index in [1.807, 2.05) is 0 Å². The zero-order chi connectivity index (χ0) is 20.4. The maximum Gasteiger partial charge on any atom is 0.339 e. The van der Waals surface area contributed by atoms with Crippen molar-refractivity contribution in [2.24, 2.45) is 0 Å². The monoisotopic (exact) mass is 398 g/mol. The van der Waals surface area contributed by atoms with E-state index in [9.17, 15) is 14.3 Å². The van der Waals surface area contributed by atoms with Crippen molar-refractivity contribution in [3.63, 3.8) is 0 Å². The van der Waals surface area contributed by atoms with Gasteiger partial charge in [0.15, 0.2) is 0 Å². The number of benzene rings is 1. The number of pyridine rings is 2. The molecule has 3 rings (SSSR count). The lowest BCUT2D eigenvalue weighted by atomic mass is 10.0. The van der Waals surface area contributed by atoms with Crippen LogP contribution in [0.25, 0.3) is 16.8 Å². The van der Waals surface area contributed by atoms with Crippen LogP contribution in [-0.2, 0) is 0 Å². The fraction of sp³-hybridized carbons (Fsp3) is 0.0500. The molecule has 6 nitrogen and oxygen atoms in total. The molecule has 0 saturated heterocycles. The molecule has 0 amide bonds. The number of allylic oxidation sites excluding steroid dienone is 1. The summed E-state index contributed by atoms with van der Waals surface area (Å²) < 4.78 is 14.3. The lowest BCUT2D eigenvalue weighted by Crippen LogP contribution is -2.07. The van der Waals surface area contributed by atoms with Crippen LogP contribution in [-0.4, -0.2) is 21.0 Å². The molecule has 2 aromatic heterocycles. The number of nitrogens with two attached hydrogens (primary N) is 1. The standard InChI is InChI=1S/C20H16ClFN4O2/c1-10(2)18-17(25-15-5-6-24-9-13(15)20(27)28)8-16(26-19(18)23)12-7-11(21)3-4-14(12)22/h3-9H,1H2,2H3,(H,27,28)(H3,23,24,25,26). The fourth-order valence-corrected chi connectivity index (χ4v) is 2.93. The Kier molecular flexibility index (Phi) is 5.28. The molecule has 0 aliphatic carbocycles. The zero-order valence-corrected chi connectivity index (χ0v) is 15.6. The molecule has 0 radical (unpaired) electrons. The number of aromatic carboxylic acids is 1. The highest BCUT2D eigenvalue weighted by Crippen LogP contribution is 2.35. The summed E-state index contributed by atoms with van der Waals surface area (Å²) in [5.74, 6) is -1.53. The Morgan fingerprint density at radius 1 is 1.29 bits per heavy atom. The van der Waals surface area contributed by atoms with E-state index in [1.165, 1.54) is 36.7 Å². The van der Waals surface area contributed by atoms with Crippen LogP contribution in [0.1, 0.15) is 22.8 Å². The molecule has 0 atom stereocenters. The average Bonchev–Trinajstić information content (AvgIpc) is 2.63. The van der Waals surface area contributed by atoms with Gasteiger partial charge in [-0.05, 0) is 42.8 Å². The first kappa shape index (κ1) is 19.3. The van der Waals surface area contributed by atoms with Crippen LogP contribution in [0.2, 0.25) is 5.02 Å². The fourth-order valence-electron chi connectivity index (χ4n) is 2.76. The van der Waals surface area contributed by atoms with Gasteiger partial charge in [0, 0.05) is 28.5 Å². The third kappa shape index (κ3) is 3.79. The molecular weight excluding hydrogens is 383 g/mol. The number of carbonyl (C=O) groups is 1. The van der Waals surface area contributed by atoms with E-state index in [0.29, 0.717) is 27.5 Å². The predicted octanol–water partition coefficient (Wildman–Crippen LogP) is 4.99. The minimum atomic E-state index is -1.14. The highest BCUT2D eigenvalue weighted by molar-refractivity contribution is 6.30. The number of rotatable bonds is 5. The largest absolute Gasteiger partial charge is 0.478 e. The van der Waals surface area contributed by atoms with Crippen molar-refractivity contribution in [2.75, 3.05) is 11.1 Å². The van der Waals surface area contributed by atoms with Gasteiger partial charge in [0.05, 0.1) is 17.1 Å². The Bertz CT molecular complexity index is 1100. The summed E-state index contributed by atoms with van der Waals surface area (Å²) in [7, 11) is 0. The number of aromatic nitrogens is 2. The molecule has 4 N–H and O–H groups in total. The van der Waals surface area contributed by atoms with Crippen LogP contribution in [0.3, 0.4) is 0 Å². The minimum Gasteiger partial charge on any atom is -0.478 e. The predicted molar refractivity (Wildman–Crippen MR) is 108 cm³/mol. The SMILES string of the molecule is C=C(C)c1c(Nc2ccncc2C(=O)O)cc(-c2cc(Cl)ccc2F)nc1N. The minimum absolute atomic E-state index is 0.0268. The Hall–Kier alpha value is -3.45. The first-order valence-electron chi connectivity index (χ1n) is 8.14. The van der Waals surface area contributed by atoms with Gasteiger partial charge < -0.3 is 16.2 Å². The van der Waals surface area contributed by atoms with Gasteiger partial charge in [-0.1, -0.05) is 18.2 Å². The molecule has 0 saturated carbocycles. The molecule has 0 aliphatic heterocycles. The van der Waals surface area contributed by atoms with Crippen molar-refractivity contribution in [3.8, 4) is 11.3 Å². The molecule has 0 spiro atoms. The van der Waals surface area contributed by atoms with Gasteiger partial charge in [-0.2, -0.15) is 0 Å². The molecule has 0 fully saturated rings. The Labute approximate surface area is 165 Å². The first-order valence-corrected chi connectivity index (χ1v) is 8.52. The van der Waals surface area contributed by atoms with Crippen LogP contribution in [0, 0.1) is 5.82 Å². The number of hydrogen-bond donors (Lipinski definition) is 3. The van der Waals surface area contributed by atoms with Crippen LogP contribution in [0.5, 0.6) is 0 Å². The van der Waals surface area contributed by atoms with E-state index in [-0.39, 0.29) is 22.6 Å². The Morgan fingerprint density at radius 2 is 2.04 bits per heavy atom. The third-order valence-corrected chi connectivity index (χ3v) is 4.23. The first-order chi connectivity index (χ1) is 13.3. The molecule has 8 heteroatoms. The third-order valence-electron chi connectivity index (χ3n) is 4.00. The maximum absolute atomic E-state index is 14.3. The second kappa shape index (κ2) is 7.66. The maximum atomic E-state index is 14.3. The molecule has 0 bridgehead atoms. The van der Waals surface area contributed by atoms with Crippen LogP contribution >= 0.6 is 11.6 Å². The van der Waals surface area contributed by atoms with Crippen molar-refractivity contribution in [3.05, 3.63) is 71.3 Å². The van der Waals surface area contributed by atoms with Gasteiger partial charge >= 0.3 is 5.97 Å². The molecular formula is C20H16ClFN4O2. The van der Waals surface area contributed by atoms with Crippen molar-refractivity contribution in [1.82, 2.24) is 9.97 Å². The van der Waals surface area contributed by atoms with E-state index in [4.69, 9.17) is 17.3 Å². The summed E-state index contributed by atoms with van der Waals surface area (Å²) in [4.78, 5) is 19.6. The zero-order valence-electron chi connectivity index (χ0n) is 14.8. The number of hydrogen-bond acceptors (Lipinski definition) is 5. The summed E-state index contributed by atoms with van der Waals surface area (Å²) in [5, 5.41) is 12.8. The molecule has 3 aromatic rings. The van der Waals surface area contributed by atoms with Gasteiger partial charge in [-0.15, -0.1) is 0 Å². The van der Waals surface area contributed by atoms with Crippen molar-refractivity contribution < 1.29 is 14.3 Å². The molecule has 0 aliphatic rings. The van der Waals surface area contributed by atoms with Gasteiger partial charge in [-0.3, -0.25) is 4.98 Å². The molecule has 1 aromatic carbocycles. The van der Waals surface area contributed by atoms with Gasteiger partial charge in [0.25, 0.3) is 0 Å².